The molecule has 35 heavy (non-hydrogen) atoms. The molecule has 4 rings (SSSR count). The minimum Gasteiger partial charge on any atom is -0.493 e. The lowest BCUT2D eigenvalue weighted by Gasteiger charge is -2.13. The Morgan fingerprint density at radius 2 is 1.77 bits per heavy atom. The Bertz CT molecular complexity index is 1260. The Balaban J connectivity index is 1.36. The Morgan fingerprint density at radius 1 is 0.971 bits per heavy atom. The van der Waals surface area contributed by atoms with Gasteiger partial charge in [0.25, 0.3) is 5.91 Å². The summed E-state index contributed by atoms with van der Waals surface area (Å²) in [5.41, 5.74) is 2.73. The standard InChI is InChI=1S/C28H25NO4S2/c1-3-8-20-13-14-24(25(18-20)31-2)33-16-15-32-23-12-7-9-21(17-23)19-26-27(30)29(28(34)35-26)22-10-5-4-6-11-22/h3-7,9-14,17-19H,1,8,15-16H2,2H3. The molecule has 0 saturated carbocycles. The van der Waals surface area contributed by atoms with Crippen molar-refractivity contribution in [2.75, 3.05) is 25.2 Å². The normalized spacial score (nSPS) is 14.3. The number of thioether (sulfide) groups is 1. The largest absolute Gasteiger partial charge is 0.493 e. The van der Waals surface area contributed by atoms with E-state index in [4.69, 9.17) is 26.4 Å². The number of amides is 1. The zero-order valence-electron chi connectivity index (χ0n) is 19.3. The van der Waals surface area contributed by atoms with Crippen molar-refractivity contribution in [3.05, 3.63) is 101 Å². The van der Waals surface area contributed by atoms with Gasteiger partial charge >= 0.3 is 0 Å². The van der Waals surface area contributed by atoms with Crippen molar-refractivity contribution in [1.82, 2.24) is 0 Å². The van der Waals surface area contributed by atoms with E-state index in [1.165, 1.54) is 11.8 Å². The minimum atomic E-state index is -0.126. The van der Waals surface area contributed by atoms with Gasteiger partial charge in [0.05, 0.1) is 17.7 Å². The summed E-state index contributed by atoms with van der Waals surface area (Å²) in [5, 5.41) is 0. The van der Waals surface area contributed by atoms with Crippen LogP contribution in [0.15, 0.2) is 90.4 Å². The fraction of sp³-hybridized carbons (Fsp3) is 0.143. The van der Waals surface area contributed by atoms with Crippen molar-refractivity contribution in [1.29, 1.82) is 0 Å². The van der Waals surface area contributed by atoms with Gasteiger partial charge in [-0.1, -0.05) is 66.5 Å². The first-order valence-electron chi connectivity index (χ1n) is 11.1. The number of methoxy groups -OCH3 is 1. The van der Waals surface area contributed by atoms with Crippen molar-refractivity contribution < 1.29 is 19.0 Å². The van der Waals surface area contributed by atoms with E-state index in [0.717, 1.165) is 23.2 Å². The van der Waals surface area contributed by atoms with Crippen molar-refractivity contribution in [3.8, 4) is 17.2 Å². The molecule has 0 N–H and O–H groups in total. The van der Waals surface area contributed by atoms with Gasteiger partial charge in [-0.3, -0.25) is 9.69 Å². The van der Waals surface area contributed by atoms with Crippen LogP contribution in [-0.2, 0) is 11.2 Å². The van der Waals surface area contributed by atoms with Gasteiger partial charge in [-0.05, 0) is 60.0 Å². The van der Waals surface area contributed by atoms with E-state index >= 15 is 0 Å². The summed E-state index contributed by atoms with van der Waals surface area (Å²) in [6.07, 6.45) is 4.45. The van der Waals surface area contributed by atoms with Gasteiger partial charge < -0.3 is 14.2 Å². The van der Waals surface area contributed by atoms with Gasteiger partial charge in [-0.25, -0.2) is 0 Å². The number of anilines is 1. The number of hydrogen-bond donors (Lipinski definition) is 0. The van der Waals surface area contributed by atoms with Crippen LogP contribution >= 0.6 is 24.0 Å². The number of rotatable bonds is 10. The number of ether oxygens (including phenoxy) is 3. The number of thiocarbonyl (C=S) groups is 1. The average molecular weight is 504 g/mol. The number of allylic oxidation sites excluding steroid dienone is 1. The van der Waals surface area contributed by atoms with Crippen LogP contribution in [0.1, 0.15) is 11.1 Å². The van der Waals surface area contributed by atoms with Crippen LogP contribution in [0, 0.1) is 0 Å². The molecule has 0 aliphatic carbocycles. The number of carbonyl (C=O) groups excluding carboxylic acids is 1. The fourth-order valence-corrected chi connectivity index (χ4v) is 4.85. The Morgan fingerprint density at radius 3 is 2.54 bits per heavy atom. The van der Waals surface area contributed by atoms with Crippen molar-refractivity contribution in [3.63, 3.8) is 0 Å². The predicted molar refractivity (Wildman–Crippen MR) is 146 cm³/mol. The van der Waals surface area contributed by atoms with Crippen LogP contribution in [-0.4, -0.2) is 30.6 Å². The molecule has 3 aromatic rings. The molecule has 1 heterocycles. The first-order chi connectivity index (χ1) is 17.1. The molecule has 1 aliphatic heterocycles. The van der Waals surface area contributed by atoms with E-state index in [0.29, 0.717) is 39.7 Å². The molecule has 5 nitrogen and oxygen atoms in total. The molecule has 1 fully saturated rings. The summed E-state index contributed by atoms with van der Waals surface area (Å²) in [4.78, 5) is 15.1. The molecule has 0 radical (unpaired) electrons. The molecule has 178 valence electrons. The van der Waals surface area contributed by atoms with E-state index in [1.54, 1.807) is 12.0 Å². The molecular formula is C28H25NO4S2. The fourth-order valence-electron chi connectivity index (χ4n) is 3.55. The number of para-hydroxylation sites is 1. The lowest BCUT2D eigenvalue weighted by molar-refractivity contribution is -0.113. The van der Waals surface area contributed by atoms with Gasteiger partial charge in [-0.15, -0.1) is 6.58 Å². The summed E-state index contributed by atoms with van der Waals surface area (Å²) in [6, 6.07) is 22.8. The second-order valence-electron chi connectivity index (χ2n) is 7.60. The summed E-state index contributed by atoms with van der Waals surface area (Å²) in [5.74, 6) is 1.91. The molecule has 1 aliphatic rings. The lowest BCUT2D eigenvalue weighted by atomic mass is 10.1. The third-order valence-electron chi connectivity index (χ3n) is 5.18. The molecule has 7 heteroatoms. The first-order valence-corrected chi connectivity index (χ1v) is 12.3. The van der Waals surface area contributed by atoms with Crippen molar-refractivity contribution in [2.24, 2.45) is 0 Å². The van der Waals surface area contributed by atoms with E-state index in [9.17, 15) is 4.79 Å². The zero-order chi connectivity index (χ0) is 24.6. The van der Waals surface area contributed by atoms with Gasteiger partial charge in [0, 0.05) is 0 Å². The third kappa shape index (κ3) is 6.12. The Kier molecular flexibility index (Phi) is 8.23. The maximum atomic E-state index is 12.9. The predicted octanol–water partition coefficient (Wildman–Crippen LogP) is 6.29. The molecule has 3 aromatic carbocycles. The summed E-state index contributed by atoms with van der Waals surface area (Å²) in [7, 11) is 1.62. The number of hydrogen-bond acceptors (Lipinski definition) is 6. The van der Waals surface area contributed by atoms with Gasteiger partial charge in [0.1, 0.15) is 19.0 Å². The summed E-state index contributed by atoms with van der Waals surface area (Å²) in [6.45, 7) is 4.48. The Labute approximate surface area is 215 Å². The molecule has 0 unspecified atom stereocenters. The highest BCUT2D eigenvalue weighted by molar-refractivity contribution is 8.27. The second kappa shape index (κ2) is 11.7. The maximum Gasteiger partial charge on any atom is 0.270 e. The molecule has 1 amide bonds. The number of benzene rings is 3. The van der Waals surface area contributed by atoms with E-state index in [2.05, 4.69) is 6.58 Å². The molecule has 0 atom stereocenters. The maximum absolute atomic E-state index is 12.9. The second-order valence-corrected chi connectivity index (χ2v) is 9.28. The van der Waals surface area contributed by atoms with Crippen LogP contribution in [0.4, 0.5) is 5.69 Å². The highest BCUT2D eigenvalue weighted by atomic mass is 32.2. The monoisotopic (exact) mass is 503 g/mol. The average Bonchev–Trinajstić information content (AvgIpc) is 3.15. The molecule has 0 bridgehead atoms. The molecule has 1 saturated heterocycles. The molecular weight excluding hydrogens is 478 g/mol. The molecule has 0 spiro atoms. The topological polar surface area (TPSA) is 48.0 Å². The van der Waals surface area contributed by atoms with E-state index in [-0.39, 0.29) is 5.91 Å². The van der Waals surface area contributed by atoms with E-state index < -0.39 is 0 Å². The smallest absolute Gasteiger partial charge is 0.270 e. The Hall–Kier alpha value is -3.55. The lowest BCUT2D eigenvalue weighted by Crippen LogP contribution is -2.27. The quantitative estimate of drug-likeness (QED) is 0.140. The van der Waals surface area contributed by atoms with Crippen LogP contribution in [0.2, 0.25) is 0 Å². The first kappa shape index (κ1) is 24.6. The zero-order valence-corrected chi connectivity index (χ0v) is 20.9. The van der Waals surface area contributed by atoms with Gasteiger partial charge in [0.15, 0.2) is 15.8 Å². The number of carbonyl (C=O) groups is 1. The van der Waals surface area contributed by atoms with Crippen LogP contribution in [0.5, 0.6) is 17.2 Å². The highest BCUT2D eigenvalue weighted by Gasteiger charge is 2.33. The van der Waals surface area contributed by atoms with Crippen LogP contribution in [0.3, 0.4) is 0 Å². The number of nitrogens with zero attached hydrogens (tertiary/aromatic N) is 1. The summed E-state index contributed by atoms with van der Waals surface area (Å²) >= 11 is 6.74. The van der Waals surface area contributed by atoms with Gasteiger partial charge in [-0.2, -0.15) is 0 Å². The third-order valence-corrected chi connectivity index (χ3v) is 6.48. The van der Waals surface area contributed by atoms with Crippen LogP contribution in [0.25, 0.3) is 6.08 Å². The van der Waals surface area contributed by atoms with Crippen molar-refractivity contribution in [2.45, 2.75) is 6.42 Å². The highest BCUT2D eigenvalue weighted by Crippen LogP contribution is 2.36. The molecule has 0 aromatic heterocycles. The van der Waals surface area contributed by atoms with E-state index in [1.807, 2.05) is 84.9 Å². The summed E-state index contributed by atoms with van der Waals surface area (Å²) < 4.78 is 17.7. The minimum absolute atomic E-state index is 0.126. The van der Waals surface area contributed by atoms with Crippen LogP contribution < -0.4 is 19.1 Å². The van der Waals surface area contributed by atoms with Crippen molar-refractivity contribution >= 4 is 46.0 Å². The van der Waals surface area contributed by atoms with Gasteiger partial charge in [0.2, 0.25) is 0 Å². The SMILES string of the molecule is C=CCc1ccc(OCCOc2cccc(C=C3SC(=S)N(c4ccccc4)C3=O)c2)c(OC)c1.